The van der Waals surface area contributed by atoms with Crippen LogP contribution in [-0.4, -0.2) is 6.03 Å². The standard InChI is InChI=1S/C14H12F2N2O/c15-12-7-6-10(8-13(12)16)9-17-14(19)18-11-4-2-1-3-5-11/h1-8H,9H2,(H2,17,18,19). The van der Waals surface area contributed by atoms with Gasteiger partial charge in [0.2, 0.25) is 0 Å². The highest BCUT2D eigenvalue weighted by Crippen LogP contribution is 2.09. The predicted molar refractivity (Wildman–Crippen MR) is 68.7 cm³/mol. The van der Waals surface area contributed by atoms with Gasteiger partial charge in [-0.3, -0.25) is 0 Å². The van der Waals surface area contributed by atoms with Crippen molar-refractivity contribution in [1.82, 2.24) is 5.32 Å². The number of urea groups is 1. The first-order valence-electron chi connectivity index (χ1n) is 5.69. The van der Waals surface area contributed by atoms with Crippen LogP contribution in [0.25, 0.3) is 0 Å². The number of carbonyl (C=O) groups excluding carboxylic acids is 1. The smallest absolute Gasteiger partial charge is 0.319 e. The Bertz CT molecular complexity index is 573. The van der Waals surface area contributed by atoms with Gasteiger partial charge in [-0.15, -0.1) is 0 Å². The molecule has 0 saturated heterocycles. The molecule has 0 spiro atoms. The molecule has 2 rings (SSSR count). The lowest BCUT2D eigenvalue weighted by molar-refractivity contribution is 0.251. The van der Waals surface area contributed by atoms with Crippen LogP contribution in [-0.2, 0) is 6.54 Å². The first-order valence-corrected chi connectivity index (χ1v) is 5.69. The molecule has 0 fully saturated rings. The Morgan fingerprint density at radius 3 is 2.42 bits per heavy atom. The summed E-state index contributed by atoms with van der Waals surface area (Å²) < 4.78 is 25.7. The Morgan fingerprint density at radius 2 is 1.74 bits per heavy atom. The number of hydrogen-bond donors (Lipinski definition) is 2. The number of carbonyl (C=O) groups is 1. The van der Waals surface area contributed by atoms with Crippen LogP contribution in [0.2, 0.25) is 0 Å². The van der Waals surface area contributed by atoms with Gasteiger partial charge in [0.25, 0.3) is 0 Å². The minimum absolute atomic E-state index is 0.121. The molecule has 0 aromatic heterocycles. The summed E-state index contributed by atoms with van der Waals surface area (Å²) in [5, 5.41) is 5.18. The highest BCUT2D eigenvalue weighted by atomic mass is 19.2. The summed E-state index contributed by atoms with van der Waals surface area (Å²) in [5.74, 6) is -1.83. The molecule has 2 N–H and O–H groups in total. The molecule has 0 saturated carbocycles. The van der Waals surface area contributed by atoms with Gasteiger partial charge in [-0.2, -0.15) is 0 Å². The van der Waals surface area contributed by atoms with Gasteiger partial charge in [0, 0.05) is 12.2 Å². The van der Waals surface area contributed by atoms with Gasteiger partial charge < -0.3 is 10.6 Å². The van der Waals surface area contributed by atoms with Gasteiger partial charge in [-0.25, -0.2) is 13.6 Å². The van der Waals surface area contributed by atoms with Gasteiger partial charge in [-0.1, -0.05) is 24.3 Å². The zero-order valence-corrected chi connectivity index (χ0v) is 9.99. The van der Waals surface area contributed by atoms with E-state index >= 15 is 0 Å². The Labute approximate surface area is 109 Å². The van der Waals surface area contributed by atoms with Crippen molar-refractivity contribution in [3.05, 3.63) is 65.7 Å². The van der Waals surface area contributed by atoms with E-state index in [0.717, 1.165) is 12.1 Å². The fraction of sp³-hybridized carbons (Fsp3) is 0.0714. The molecule has 0 aliphatic heterocycles. The van der Waals surface area contributed by atoms with Gasteiger partial charge in [0.1, 0.15) is 0 Å². The molecule has 19 heavy (non-hydrogen) atoms. The average Bonchev–Trinajstić information content (AvgIpc) is 2.41. The maximum atomic E-state index is 12.9. The molecule has 5 heteroatoms. The lowest BCUT2D eigenvalue weighted by Gasteiger charge is -2.07. The van der Waals surface area contributed by atoms with Gasteiger partial charge in [0.05, 0.1) is 0 Å². The van der Waals surface area contributed by atoms with Crippen molar-refractivity contribution in [3.8, 4) is 0 Å². The molecule has 2 amide bonds. The Balaban J connectivity index is 1.88. The first kappa shape index (κ1) is 13.0. The van der Waals surface area contributed by atoms with Gasteiger partial charge in [-0.05, 0) is 29.8 Å². The lowest BCUT2D eigenvalue weighted by atomic mass is 10.2. The Morgan fingerprint density at radius 1 is 1.00 bits per heavy atom. The van der Waals surface area contributed by atoms with Crippen molar-refractivity contribution in [2.75, 3.05) is 5.32 Å². The van der Waals surface area contributed by atoms with E-state index in [1.165, 1.54) is 6.07 Å². The second-order valence-corrected chi connectivity index (χ2v) is 3.92. The third-order valence-corrected chi connectivity index (χ3v) is 2.47. The molecule has 0 aliphatic carbocycles. The summed E-state index contributed by atoms with van der Waals surface area (Å²) in [6, 6.07) is 12.0. The van der Waals surface area contributed by atoms with Crippen molar-refractivity contribution in [2.45, 2.75) is 6.54 Å². The molecule has 3 nitrogen and oxygen atoms in total. The molecule has 0 atom stereocenters. The van der Waals surface area contributed by atoms with E-state index < -0.39 is 17.7 Å². The van der Waals surface area contributed by atoms with Crippen molar-refractivity contribution < 1.29 is 13.6 Å². The Hall–Kier alpha value is -2.43. The molecule has 2 aromatic carbocycles. The number of hydrogen-bond acceptors (Lipinski definition) is 1. The molecule has 0 radical (unpaired) electrons. The summed E-state index contributed by atoms with van der Waals surface area (Å²) >= 11 is 0. The number of nitrogens with one attached hydrogen (secondary N) is 2. The summed E-state index contributed by atoms with van der Waals surface area (Å²) in [6.45, 7) is 0.121. The van der Waals surface area contributed by atoms with Crippen LogP contribution < -0.4 is 10.6 Å². The van der Waals surface area contributed by atoms with Crippen LogP contribution in [0.4, 0.5) is 19.3 Å². The van der Waals surface area contributed by atoms with Crippen LogP contribution in [0, 0.1) is 11.6 Å². The van der Waals surface area contributed by atoms with E-state index in [-0.39, 0.29) is 6.54 Å². The van der Waals surface area contributed by atoms with E-state index in [4.69, 9.17) is 0 Å². The molecular weight excluding hydrogens is 250 g/mol. The molecule has 2 aromatic rings. The van der Waals surface area contributed by atoms with E-state index in [1.807, 2.05) is 6.07 Å². The number of para-hydroxylation sites is 1. The third-order valence-electron chi connectivity index (χ3n) is 2.47. The first-order chi connectivity index (χ1) is 9.15. The number of rotatable bonds is 3. The van der Waals surface area contributed by atoms with Crippen LogP contribution in [0.1, 0.15) is 5.56 Å². The largest absolute Gasteiger partial charge is 0.334 e. The molecular formula is C14H12F2N2O. The number of amides is 2. The van der Waals surface area contributed by atoms with Crippen LogP contribution in [0.15, 0.2) is 48.5 Å². The van der Waals surface area contributed by atoms with Gasteiger partial charge in [0.15, 0.2) is 11.6 Å². The highest BCUT2D eigenvalue weighted by Gasteiger charge is 2.04. The number of benzene rings is 2. The Kier molecular flexibility index (Phi) is 4.07. The molecule has 0 bridgehead atoms. The second kappa shape index (κ2) is 5.95. The van der Waals surface area contributed by atoms with E-state index in [2.05, 4.69) is 10.6 Å². The van der Waals surface area contributed by atoms with E-state index in [9.17, 15) is 13.6 Å². The lowest BCUT2D eigenvalue weighted by Crippen LogP contribution is -2.28. The summed E-state index contributed by atoms with van der Waals surface area (Å²) in [5.41, 5.74) is 1.15. The normalized spacial score (nSPS) is 10.0. The monoisotopic (exact) mass is 262 g/mol. The molecule has 0 unspecified atom stereocenters. The van der Waals surface area contributed by atoms with Crippen molar-refractivity contribution in [1.29, 1.82) is 0 Å². The molecule has 0 aliphatic rings. The predicted octanol–water partition coefficient (Wildman–Crippen LogP) is 3.29. The van der Waals surface area contributed by atoms with E-state index in [0.29, 0.717) is 11.3 Å². The quantitative estimate of drug-likeness (QED) is 0.875. The number of halogens is 2. The highest BCUT2D eigenvalue weighted by molar-refractivity contribution is 5.89. The zero-order valence-electron chi connectivity index (χ0n) is 9.99. The van der Waals surface area contributed by atoms with Crippen LogP contribution >= 0.6 is 0 Å². The van der Waals surface area contributed by atoms with E-state index in [1.54, 1.807) is 24.3 Å². The number of anilines is 1. The third kappa shape index (κ3) is 3.77. The topological polar surface area (TPSA) is 41.1 Å². The minimum Gasteiger partial charge on any atom is -0.334 e. The fourth-order valence-electron chi connectivity index (χ4n) is 1.53. The molecule has 0 heterocycles. The molecule has 98 valence electrons. The van der Waals surface area contributed by atoms with Crippen molar-refractivity contribution in [3.63, 3.8) is 0 Å². The van der Waals surface area contributed by atoms with Crippen LogP contribution in [0.5, 0.6) is 0 Å². The second-order valence-electron chi connectivity index (χ2n) is 3.92. The minimum atomic E-state index is -0.928. The van der Waals surface area contributed by atoms with Crippen molar-refractivity contribution >= 4 is 11.7 Å². The maximum Gasteiger partial charge on any atom is 0.319 e. The fourth-order valence-corrected chi connectivity index (χ4v) is 1.53. The zero-order chi connectivity index (χ0) is 13.7. The average molecular weight is 262 g/mol. The van der Waals surface area contributed by atoms with Crippen LogP contribution in [0.3, 0.4) is 0 Å². The SMILES string of the molecule is O=C(NCc1ccc(F)c(F)c1)Nc1ccccc1. The summed E-state index contributed by atoms with van der Waals surface area (Å²) in [7, 11) is 0. The summed E-state index contributed by atoms with van der Waals surface area (Å²) in [4.78, 5) is 11.5. The van der Waals surface area contributed by atoms with Gasteiger partial charge >= 0.3 is 6.03 Å². The summed E-state index contributed by atoms with van der Waals surface area (Å²) in [6.07, 6.45) is 0. The maximum absolute atomic E-state index is 12.9. The van der Waals surface area contributed by atoms with Crippen molar-refractivity contribution in [2.24, 2.45) is 0 Å².